The third-order valence-corrected chi connectivity index (χ3v) is 1.43. The van der Waals surface area contributed by atoms with Gasteiger partial charge in [-0.3, -0.25) is 4.79 Å². The van der Waals surface area contributed by atoms with Gasteiger partial charge in [0.1, 0.15) is 0 Å². The van der Waals surface area contributed by atoms with Gasteiger partial charge in [-0.1, -0.05) is 0 Å². The molecule has 0 atom stereocenters. The Morgan fingerprint density at radius 1 is 1.70 bits per heavy atom. The van der Waals surface area contributed by atoms with Crippen molar-refractivity contribution in [2.24, 2.45) is 5.73 Å². The monoisotopic (exact) mass is 139 g/mol. The second kappa shape index (κ2) is 3.25. The number of carbonyl (C=O) groups is 1. The van der Waals surface area contributed by atoms with Crippen LogP contribution < -0.4 is 5.73 Å². The van der Waals surface area contributed by atoms with Crippen LogP contribution in [0.15, 0.2) is 12.3 Å². The molecule has 10 heavy (non-hydrogen) atoms. The summed E-state index contributed by atoms with van der Waals surface area (Å²) in [4.78, 5) is 12.3. The molecule has 1 aliphatic heterocycles. The molecule has 0 aliphatic carbocycles. The summed E-state index contributed by atoms with van der Waals surface area (Å²) >= 11 is 0. The molecule has 1 heterocycles. The lowest BCUT2D eigenvalue weighted by Gasteiger charge is -2.08. The Morgan fingerprint density at radius 2 is 2.50 bits per heavy atom. The van der Waals surface area contributed by atoms with E-state index in [0.717, 1.165) is 19.5 Å². The molecule has 0 bridgehead atoms. The second-order valence-corrected chi connectivity index (χ2v) is 2.29. The molecule has 1 amide bonds. The third-order valence-electron chi connectivity index (χ3n) is 1.43. The number of hydrogen-bond acceptors (Lipinski definition) is 2. The highest BCUT2D eigenvalue weighted by Gasteiger charge is 2.06. The number of hydrogen-bond donors (Lipinski definition) is 1. The van der Waals surface area contributed by atoms with Crippen LogP contribution in [0.1, 0.15) is 6.42 Å². The number of primary amides is 1. The minimum absolute atomic E-state index is 0.382. The molecule has 1 saturated heterocycles. The fourth-order valence-electron chi connectivity index (χ4n) is 0.920. The van der Waals surface area contributed by atoms with Gasteiger partial charge in [0.05, 0.1) is 0 Å². The van der Waals surface area contributed by atoms with Crippen molar-refractivity contribution in [1.29, 1.82) is 0 Å². The van der Waals surface area contributed by atoms with Gasteiger partial charge in [-0.25, -0.2) is 0 Å². The van der Waals surface area contributed by atoms with E-state index >= 15 is 0 Å². The van der Waals surface area contributed by atoms with E-state index in [1.807, 2.05) is 4.90 Å². The van der Waals surface area contributed by atoms with Gasteiger partial charge in [0.15, 0.2) is 0 Å². The Hall–Kier alpha value is -0.990. The van der Waals surface area contributed by atoms with E-state index in [0.29, 0.717) is 0 Å². The molecule has 0 saturated carbocycles. The van der Waals surface area contributed by atoms with Gasteiger partial charge in [-0.2, -0.15) is 0 Å². The topological polar surface area (TPSA) is 46.3 Å². The van der Waals surface area contributed by atoms with Crippen LogP contribution in [0.2, 0.25) is 0 Å². The zero-order valence-electron chi connectivity index (χ0n) is 5.79. The highest BCUT2D eigenvalue weighted by molar-refractivity contribution is 5.85. The van der Waals surface area contributed by atoms with Crippen LogP contribution in [0.25, 0.3) is 0 Å². The van der Waals surface area contributed by atoms with E-state index in [1.54, 1.807) is 6.20 Å². The van der Waals surface area contributed by atoms with Gasteiger partial charge >= 0.3 is 0 Å². The summed E-state index contributed by atoms with van der Waals surface area (Å²) in [5.74, 6) is -0.382. The summed E-state index contributed by atoms with van der Waals surface area (Å²) in [5, 5.41) is 0. The Bertz CT molecular complexity index is 148. The summed E-state index contributed by atoms with van der Waals surface area (Å²) in [6.45, 7) is 1.94. The lowest BCUT2D eigenvalue weighted by atomic mass is 10.4. The van der Waals surface area contributed by atoms with E-state index < -0.39 is 0 Å². The van der Waals surface area contributed by atoms with Gasteiger partial charge in [0.2, 0.25) is 5.91 Å². The fraction of sp³-hybridized carbons (Fsp3) is 0.429. The summed E-state index contributed by atoms with van der Waals surface area (Å²) in [6, 6.07) is 0. The summed E-state index contributed by atoms with van der Waals surface area (Å²) < 4.78 is 0. The number of likely N-dealkylation sites (tertiary alicyclic amines) is 1. The molecular weight excluding hydrogens is 128 g/mol. The molecule has 1 rings (SSSR count). The SMILES string of the molecule is NC(=O)C=CN1C[CH]CC1. The molecule has 55 valence electrons. The van der Waals surface area contributed by atoms with Crippen molar-refractivity contribution in [3.63, 3.8) is 0 Å². The maximum atomic E-state index is 10.3. The van der Waals surface area contributed by atoms with Gasteiger partial charge in [0.25, 0.3) is 0 Å². The predicted molar refractivity (Wildman–Crippen MR) is 38.8 cm³/mol. The van der Waals surface area contributed by atoms with E-state index in [4.69, 9.17) is 5.73 Å². The summed E-state index contributed by atoms with van der Waals surface area (Å²) in [7, 11) is 0. The maximum absolute atomic E-state index is 10.3. The summed E-state index contributed by atoms with van der Waals surface area (Å²) in [5.41, 5.74) is 4.91. The van der Waals surface area contributed by atoms with Crippen molar-refractivity contribution in [2.45, 2.75) is 6.42 Å². The largest absolute Gasteiger partial charge is 0.377 e. The summed E-state index contributed by atoms with van der Waals surface area (Å²) in [6.07, 6.45) is 6.40. The van der Waals surface area contributed by atoms with Crippen LogP contribution in [-0.2, 0) is 4.79 Å². The molecule has 3 nitrogen and oxygen atoms in total. The van der Waals surface area contributed by atoms with Gasteiger partial charge < -0.3 is 10.6 Å². The van der Waals surface area contributed by atoms with Gasteiger partial charge in [-0.15, -0.1) is 0 Å². The minimum atomic E-state index is -0.382. The Labute approximate surface area is 60.5 Å². The van der Waals surface area contributed by atoms with Crippen LogP contribution in [0.3, 0.4) is 0 Å². The number of carbonyl (C=O) groups excluding carboxylic acids is 1. The number of nitrogens with two attached hydrogens (primary N) is 1. The number of amides is 1. The molecule has 0 unspecified atom stereocenters. The van der Waals surface area contributed by atoms with E-state index in [9.17, 15) is 4.79 Å². The average molecular weight is 139 g/mol. The first-order valence-corrected chi connectivity index (χ1v) is 3.32. The molecule has 0 aromatic rings. The molecule has 0 aromatic heterocycles. The Kier molecular flexibility index (Phi) is 2.31. The molecule has 1 radical (unpaired) electrons. The van der Waals surface area contributed by atoms with Crippen molar-refractivity contribution in [3.8, 4) is 0 Å². The first-order valence-electron chi connectivity index (χ1n) is 3.32. The molecule has 3 heteroatoms. The van der Waals surface area contributed by atoms with Crippen LogP contribution in [0, 0.1) is 6.42 Å². The van der Waals surface area contributed by atoms with Crippen molar-refractivity contribution in [1.82, 2.24) is 4.90 Å². The first kappa shape index (κ1) is 7.12. The Morgan fingerprint density at radius 3 is 3.00 bits per heavy atom. The predicted octanol–water partition coefficient (Wildman–Crippen LogP) is -0.105. The molecule has 0 aromatic carbocycles. The lowest BCUT2D eigenvalue weighted by molar-refractivity contribution is -0.113. The standard InChI is InChI=1S/C7H11N2O/c8-7(10)3-6-9-4-1-2-5-9/h1,3,6H,2,4-5H2,(H2,8,10). The lowest BCUT2D eigenvalue weighted by Crippen LogP contribution is -2.13. The van der Waals surface area contributed by atoms with Crippen LogP contribution in [0.5, 0.6) is 0 Å². The normalized spacial score (nSPS) is 18.6. The Balaban J connectivity index is 2.29. The van der Waals surface area contributed by atoms with Crippen LogP contribution in [-0.4, -0.2) is 23.9 Å². The third kappa shape index (κ3) is 2.09. The van der Waals surface area contributed by atoms with Crippen molar-refractivity contribution >= 4 is 5.91 Å². The smallest absolute Gasteiger partial charge is 0.242 e. The van der Waals surface area contributed by atoms with E-state index in [1.165, 1.54) is 6.08 Å². The van der Waals surface area contributed by atoms with Crippen LogP contribution >= 0.6 is 0 Å². The zero-order chi connectivity index (χ0) is 7.40. The first-order chi connectivity index (χ1) is 4.79. The van der Waals surface area contributed by atoms with E-state index in [-0.39, 0.29) is 5.91 Å². The zero-order valence-corrected chi connectivity index (χ0v) is 5.79. The van der Waals surface area contributed by atoms with Crippen molar-refractivity contribution < 1.29 is 4.79 Å². The average Bonchev–Trinajstić information content (AvgIpc) is 2.34. The quantitative estimate of drug-likeness (QED) is 0.543. The molecule has 0 spiro atoms. The molecule has 2 N–H and O–H groups in total. The van der Waals surface area contributed by atoms with Gasteiger partial charge in [0, 0.05) is 25.4 Å². The van der Waals surface area contributed by atoms with E-state index in [2.05, 4.69) is 6.42 Å². The minimum Gasteiger partial charge on any atom is -0.377 e. The molecule has 1 aliphatic rings. The molecular formula is C7H11N2O. The highest BCUT2D eigenvalue weighted by Crippen LogP contribution is 2.05. The number of nitrogens with zero attached hydrogens (tertiary/aromatic N) is 1. The fourth-order valence-corrected chi connectivity index (χ4v) is 0.920. The van der Waals surface area contributed by atoms with Crippen molar-refractivity contribution in [2.75, 3.05) is 13.1 Å². The highest BCUT2D eigenvalue weighted by atomic mass is 16.1. The second-order valence-electron chi connectivity index (χ2n) is 2.29. The maximum Gasteiger partial charge on any atom is 0.242 e. The number of rotatable bonds is 2. The molecule has 1 fully saturated rings. The van der Waals surface area contributed by atoms with Crippen molar-refractivity contribution in [3.05, 3.63) is 18.7 Å². The van der Waals surface area contributed by atoms with Crippen LogP contribution in [0.4, 0.5) is 0 Å². The van der Waals surface area contributed by atoms with Gasteiger partial charge in [-0.05, 0) is 12.8 Å².